The van der Waals surface area contributed by atoms with Crippen LogP contribution in [0.1, 0.15) is 44.3 Å². The summed E-state index contributed by atoms with van der Waals surface area (Å²) in [7, 11) is 0. The molecule has 1 aliphatic rings. The third-order valence-electron chi connectivity index (χ3n) is 4.17. The van der Waals surface area contributed by atoms with E-state index < -0.39 is 11.5 Å². The highest BCUT2D eigenvalue weighted by Crippen LogP contribution is 2.48. The van der Waals surface area contributed by atoms with E-state index in [0.29, 0.717) is 16.5 Å². The molecule has 0 aromatic heterocycles. The number of nitrogens with zero attached hydrogens (tertiary/aromatic N) is 1. The van der Waals surface area contributed by atoms with Gasteiger partial charge in [0.1, 0.15) is 0 Å². The van der Waals surface area contributed by atoms with Crippen molar-refractivity contribution >= 4 is 27.5 Å². The van der Waals surface area contributed by atoms with Crippen LogP contribution in [0.2, 0.25) is 5.02 Å². The molecule has 102 valence electrons. The average molecular weight is 343 g/mol. The number of aliphatic hydroxyl groups excluding tert-OH is 1. The topological polar surface area (TPSA) is 44.0 Å². The molecular formula is C15H17BrClNO. The van der Waals surface area contributed by atoms with E-state index in [9.17, 15) is 10.4 Å². The standard InChI is InChI=1S/C15H17BrClNO/c1-10-4-6-15(9-18,7-5-10)14(19)12-8-11(17)2-3-13(12)16/h2-3,8,10,14,19H,4-7H2,1H3. The fraction of sp³-hybridized carbons (Fsp3) is 0.533. The lowest BCUT2D eigenvalue weighted by Crippen LogP contribution is -2.32. The normalized spacial score (nSPS) is 28.7. The van der Waals surface area contributed by atoms with E-state index in [1.807, 2.05) is 6.07 Å². The van der Waals surface area contributed by atoms with Crippen molar-refractivity contribution in [3.63, 3.8) is 0 Å². The van der Waals surface area contributed by atoms with Gasteiger partial charge in [-0.3, -0.25) is 0 Å². The largest absolute Gasteiger partial charge is 0.387 e. The summed E-state index contributed by atoms with van der Waals surface area (Å²) in [5, 5.41) is 20.8. The maximum atomic E-state index is 10.7. The van der Waals surface area contributed by atoms with Crippen LogP contribution < -0.4 is 0 Å². The third kappa shape index (κ3) is 2.97. The lowest BCUT2D eigenvalue weighted by Gasteiger charge is -2.37. The highest BCUT2D eigenvalue weighted by Gasteiger charge is 2.42. The SMILES string of the molecule is CC1CCC(C#N)(C(O)c2cc(Cl)ccc2Br)CC1. The van der Waals surface area contributed by atoms with Crippen molar-refractivity contribution in [1.29, 1.82) is 5.26 Å². The first-order valence-corrected chi connectivity index (χ1v) is 7.70. The maximum Gasteiger partial charge on any atom is 0.0987 e. The zero-order valence-electron chi connectivity index (χ0n) is 10.9. The predicted octanol–water partition coefficient (Wildman–Crippen LogP) is 4.86. The molecule has 0 radical (unpaired) electrons. The first kappa shape index (κ1) is 14.8. The smallest absolute Gasteiger partial charge is 0.0987 e. The van der Waals surface area contributed by atoms with Gasteiger partial charge in [-0.05, 0) is 55.4 Å². The molecule has 2 rings (SSSR count). The number of halogens is 2. The second-order valence-corrected chi connectivity index (χ2v) is 6.81. The van der Waals surface area contributed by atoms with Crippen LogP contribution in [0.5, 0.6) is 0 Å². The molecule has 1 N–H and O–H groups in total. The van der Waals surface area contributed by atoms with Gasteiger partial charge >= 0.3 is 0 Å². The Bertz CT molecular complexity index is 503. The highest BCUT2D eigenvalue weighted by molar-refractivity contribution is 9.10. The Morgan fingerprint density at radius 2 is 2.11 bits per heavy atom. The Balaban J connectivity index is 2.33. The van der Waals surface area contributed by atoms with Gasteiger partial charge < -0.3 is 5.11 Å². The summed E-state index contributed by atoms with van der Waals surface area (Å²) in [5.74, 6) is 0.636. The summed E-state index contributed by atoms with van der Waals surface area (Å²) in [6.45, 7) is 2.20. The molecule has 4 heteroatoms. The molecule has 1 aromatic carbocycles. The molecule has 1 atom stereocenters. The van der Waals surface area contributed by atoms with Crippen molar-refractivity contribution in [2.45, 2.75) is 38.7 Å². The van der Waals surface area contributed by atoms with Crippen molar-refractivity contribution in [2.24, 2.45) is 11.3 Å². The first-order valence-electron chi connectivity index (χ1n) is 6.53. The second kappa shape index (κ2) is 5.83. The van der Waals surface area contributed by atoms with Gasteiger partial charge in [-0.1, -0.05) is 34.5 Å². The van der Waals surface area contributed by atoms with Gasteiger partial charge in [0.15, 0.2) is 0 Å². The minimum atomic E-state index is -0.793. The van der Waals surface area contributed by atoms with Crippen LogP contribution in [0.15, 0.2) is 22.7 Å². The molecule has 1 aliphatic carbocycles. The van der Waals surface area contributed by atoms with Gasteiger partial charge in [0.05, 0.1) is 17.6 Å². The van der Waals surface area contributed by atoms with Crippen molar-refractivity contribution < 1.29 is 5.11 Å². The van der Waals surface area contributed by atoms with Crippen LogP contribution in [-0.2, 0) is 0 Å². The zero-order chi connectivity index (χ0) is 14.0. The lowest BCUT2D eigenvalue weighted by molar-refractivity contribution is 0.0261. The average Bonchev–Trinajstić information content (AvgIpc) is 2.42. The molecule has 1 saturated carbocycles. The molecule has 2 nitrogen and oxygen atoms in total. The summed E-state index contributed by atoms with van der Waals surface area (Å²) in [5.41, 5.74) is 0.0308. The zero-order valence-corrected chi connectivity index (χ0v) is 13.2. The summed E-state index contributed by atoms with van der Waals surface area (Å²) in [4.78, 5) is 0. The van der Waals surface area contributed by atoms with Gasteiger partial charge in [-0.15, -0.1) is 0 Å². The Hall–Kier alpha value is -0.560. The fourth-order valence-electron chi connectivity index (χ4n) is 2.75. The lowest BCUT2D eigenvalue weighted by atomic mass is 9.67. The third-order valence-corrected chi connectivity index (χ3v) is 5.12. The molecule has 0 heterocycles. The molecule has 0 saturated heterocycles. The predicted molar refractivity (Wildman–Crippen MR) is 79.8 cm³/mol. The molecule has 1 aromatic rings. The van der Waals surface area contributed by atoms with Crippen LogP contribution in [0.25, 0.3) is 0 Å². The fourth-order valence-corrected chi connectivity index (χ4v) is 3.39. The van der Waals surface area contributed by atoms with Crippen molar-refractivity contribution in [2.75, 3.05) is 0 Å². The van der Waals surface area contributed by atoms with Crippen LogP contribution in [0, 0.1) is 22.7 Å². The summed E-state index contributed by atoms with van der Waals surface area (Å²) < 4.78 is 0.803. The van der Waals surface area contributed by atoms with E-state index in [0.717, 1.165) is 30.2 Å². The van der Waals surface area contributed by atoms with Gasteiger partial charge in [-0.25, -0.2) is 0 Å². The van der Waals surface area contributed by atoms with Crippen molar-refractivity contribution in [1.82, 2.24) is 0 Å². The van der Waals surface area contributed by atoms with Crippen molar-refractivity contribution in [3.8, 4) is 6.07 Å². The van der Waals surface area contributed by atoms with Gasteiger partial charge in [0.25, 0.3) is 0 Å². The Morgan fingerprint density at radius 3 is 2.68 bits per heavy atom. The molecule has 0 spiro atoms. The molecule has 0 amide bonds. The number of aliphatic hydroxyl groups is 1. The van der Waals surface area contributed by atoms with E-state index in [1.54, 1.807) is 12.1 Å². The molecule has 19 heavy (non-hydrogen) atoms. The van der Waals surface area contributed by atoms with E-state index in [-0.39, 0.29) is 0 Å². The van der Waals surface area contributed by atoms with E-state index in [1.165, 1.54) is 0 Å². The van der Waals surface area contributed by atoms with Crippen molar-refractivity contribution in [3.05, 3.63) is 33.3 Å². The van der Waals surface area contributed by atoms with Gasteiger partial charge in [0, 0.05) is 9.50 Å². The number of hydrogen-bond acceptors (Lipinski definition) is 2. The van der Waals surface area contributed by atoms with Gasteiger partial charge in [0.2, 0.25) is 0 Å². The Kier molecular flexibility index (Phi) is 4.55. The Morgan fingerprint density at radius 1 is 1.47 bits per heavy atom. The highest BCUT2D eigenvalue weighted by atomic mass is 79.9. The first-order chi connectivity index (χ1) is 8.98. The molecule has 1 unspecified atom stereocenters. The number of rotatable bonds is 2. The van der Waals surface area contributed by atoms with E-state index in [2.05, 4.69) is 28.9 Å². The summed E-state index contributed by atoms with van der Waals surface area (Å²) in [6.07, 6.45) is 2.67. The van der Waals surface area contributed by atoms with Crippen LogP contribution in [0.3, 0.4) is 0 Å². The van der Waals surface area contributed by atoms with Crippen LogP contribution in [-0.4, -0.2) is 5.11 Å². The number of hydrogen-bond donors (Lipinski definition) is 1. The van der Waals surface area contributed by atoms with Gasteiger partial charge in [-0.2, -0.15) is 5.26 Å². The summed E-state index contributed by atoms with van der Waals surface area (Å²) >= 11 is 9.43. The minimum absolute atomic E-state index is 0.578. The quantitative estimate of drug-likeness (QED) is 0.834. The number of benzene rings is 1. The minimum Gasteiger partial charge on any atom is -0.387 e. The van der Waals surface area contributed by atoms with Crippen LogP contribution in [0.4, 0.5) is 0 Å². The molecular weight excluding hydrogens is 326 g/mol. The molecule has 0 bridgehead atoms. The van der Waals surface area contributed by atoms with E-state index >= 15 is 0 Å². The molecule has 1 fully saturated rings. The molecule has 0 aliphatic heterocycles. The summed E-state index contributed by atoms with van der Waals surface area (Å²) in [6, 6.07) is 7.70. The number of nitriles is 1. The Labute approximate surface area is 127 Å². The second-order valence-electron chi connectivity index (χ2n) is 5.52. The monoisotopic (exact) mass is 341 g/mol. The van der Waals surface area contributed by atoms with Crippen LogP contribution >= 0.6 is 27.5 Å². The van der Waals surface area contributed by atoms with E-state index in [4.69, 9.17) is 11.6 Å². The maximum absolute atomic E-state index is 10.7.